The van der Waals surface area contributed by atoms with Crippen molar-refractivity contribution in [2.75, 3.05) is 13.2 Å². The maximum Gasteiger partial charge on any atom is 0.0556 e. The highest BCUT2D eigenvalue weighted by atomic mass is 16.3. The van der Waals surface area contributed by atoms with E-state index in [4.69, 9.17) is 5.11 Å². The summed E-state index contributed by atoms with van der Waals surface area (Å²) < 4.78 is 0. The molecule has 0 saturated heterocycles. The SMILES string of the molecule is CCC(C)C1CCC(NCCO)CC1. The second-order valence-corrected chi connectivity index (χ2v) is 4.67. The van der Waals surface area contributed by atoms with Crippen LogP contribution in [-0.2, 0) is 0 Å². The van der Waals surface area contributed by atoms with Crippen LogP contribution in [-0.4, -0.2) is 24.3 Å². The first-order valence-electron chi connectivity index (χ1n) is 6.12. The van der Waals surface area contributed by atoms with E-state index in [0.29, 0.717) is 6.04 Å². The molecule has 0 heterocycles. The van der Waals surface area contributed by atoms with Gasteiger partial charge in [0.15, 0.2) is 0 Å². The number of hydrogen-bond donors (Lipinski definition) is 2. The van der Waals surface area contributed by atoms with E-state index in [-0.39, 0.29) is 6.61 Å². The Morgan fingerprint density at radius 3 is 2.43 bits per heavy atom. The van der Waals surface area contributed by atoms with Crippen molar-refractivity contribution in [3.8, 4) is 0 Å². The van der Waals surface area contributed by atoms with E-state index >= 15 is 0 Å². The average Bonchev–Trinajstić information content (AvgIpc) is 2.26. The van der Waals surface area contributed by atoms with Crippen LogP contribution in [0, 0.1) is 11.8 Å². The molecule has 2 N–H and O–H groups in total. The lowest BCUT2D eigenvalue weighted by atomic mass is 9.78. The molecule has 0 spiro atoms. The summed E-state index contributed by atoms with van der Waals surface area (Å²) in [6.07, 6.45) is 6.67. The van der Waals surface area contributed by atoms with Crippen LogP contribution in [0.4, 0.5) is 0 Å². The fourth-order valence-electron chi connectivity index (χ4n) is 2.49. The summed E-state index contributed by atoms with van der Waals surface area (Å²) in [4.78, 5) is 0. The van der Waals surface area contributed by atoms with Gasteiger partial charge in [0.25, 0.3) is 0 Å². The van der Waals surface area contributed by atoms with Crippen molar-refractivity contribution >= 4 is 0 Å². The highest BCUT2D eigenvalue weighted by Crippen LogP contribution is 2.31. The van der Waals surface area contributed by atoms with Gasteiger partial charge in [-0.05, 0) is 37.5 Å². The minimum atomic E-state index is 0.269. The second-order valence-electron chi connectivity index (χ2n) is 4.67. The third kappa shape index (κ3) is 3.58. The average molecular weight is 199 g/mol. The topological polar surface area (TPSA) is 32.3 Å². The number of hydrogen-bond acceptors (Lipinski definition) is 2. The zero-order valence-electron chi connectivity index (χ0n) is 9.63. The lowest BCUT2D eigenvalue weighted by Crippen LogP contribution is -2.35. The summed E-state index contributed by atoms with van der Waals surface area (Å²) in [6.45, 7) is 5.71. The van der Waals surface area contributed by atoms with Gasteiger partial charge >= 0.3 is 0 Å². The Morgan fingerprint density at radius 2 is 1.93 bits per heavy atom. The van der Waals surface area contributed by atoms with Crippen molar-refractivity contribution in [1.29, 1.82) is 0 Å². The maximum absolute atomic E-state index is 8.71. The second kappa shape index (κ2) is 6.41. The first-order chi connectivity index (χ1) is 6.77. The molecular weight excluding hydrogens is 174 g/mol. The third-order valence-corrected chi connectivity index (χ3v) is 3.77. The van der Waals surface area contributed by atoms with Crippen molar-refractivity contribution in [1.82, 2.24) is 5.32 Å². The molecule has 0 aromatic heterocycles. The van der Waals surface area contributed by atoms with Gasteiger partial charge in [0.2, 0.25) is 0 Å². The van der Waals surface area contributed by atoms with Crippen molar-refractivity contribution in [3.63, 3.8) is 0 Å². The minimum absolute atomic E-state index is 0.269. The predicted octanol–water partition coefficient (Wildman–Crippen LogP) is 2.17. The Labute approximate surface area is 88.1 Å². The first-order valence-corrected chi connectivity index (χ1v) is 6.12. The van der Waals surface area contributed by atoms with Crippen LogP contribution in [0.1, 0.15) is 46.0 Å². The molecule has 2 heteroatoms. The molecule has 0 aromatic rings. The lowest BCUT2D eigenvalue weighted by molar-refractivity contribution is 0.213. The van der Waals surface area contributed by atoms with E-state index in [2.05, 4.69) is 19.2 Å². The fourth-order valence-corrected chi connectivity index (χ4v) is 2.49. The number of aliphatic hydroxyl groups excluding tert-OH is 1. The largest absolute Gasteiger partial charge is 0.395 e. The summed E-state index contributed by atoms with van der Waals surface area (Å²) in [5, 5.41) is 12.1. The Balaban J connectivity index is 2.17. The van der Waals surface area contributed by atoms with Gasteiger partial charge in [-0.15, -0.1) is 0 Å². The molecule has 1 aliphatic carbocycles. The van der Waals surface area contributed by atoms with Crippen LogP contribution in [0.15, 0.2) is 0 Å². The predicted molar refractivity (Wildman–Crippen MR) is 60.3 cm³/mol. The molecule has 0 aromatic carbocycles. The monoisotopic (exact) mass is 199 g/mol. The van der Waals surface area contributed by atoms with Crippen LogP contribution in [0.2, 0.25) is 0 Å². The van der Waals surface area contributed by atoms with Gasteiger partial charge in [0.05, 0.1) is 6.61 Å². The minimum Gasteiger partial charge on any atom is -0.395 e. The summed E-state index contributed by atoms with van der Waals surface area (Å²) >= 11 is 0. The molecule has 0 bridgehead atoms. The molecule has 1 unspecified atom stereocenters. The number of aliphatic hydroxyl groups is 1. The van der Waals surface area contributed by atoms with Crippen molar-refractivity contribution in [2.24, 2.45) is 11.8 Å². The van der Waals surface area contributed by atoms with Gasteiger partial charge in [0.1, 0.15) is 0 Å². The van der Waals surface area contributed by atoms with E-state index in [9.17, 15) is 0 Å². The van der Waals surface area contributed by atoms with Gasteiger partial charge in [-0.25, -0.2) is 0 Å². The summed E-state index contributed by atoms with van der Waals surface area (Å²) in [5.74, 6) is 1.85. The normalized spacial score (nSPS) is 30.2. The molecule has 1 aliphatic rings. The zero-order valence-corrected chi connectivity index (χ0v) is 9.63. The third-order valence-electron chi connectivity index (χ3n) is 3.77. The van der Waals surface area contributed by atoms with E-state index in [1.165, 1.54) is 32.1 Å². The smallest absolute Gasteiger partial charge is 0.0556 e. The van der Waals surface area contributed by atoms with Gasteiger partial charge in [-0.3, -0.25) is 0 Å². The molecule has 0 aliphatic heterocycles. The van der Waals surface area contributed by atoms with E-state index in [0.717, 1.165) is 18.4 Å². The van der Waals surface area contributed by atoms with Crippen LogP contribution in [0.25, 0.3) is 0 Å². The summed E-state index contributed by atoms with van der Waals surface area (Å²) in [7, 11) is 0. The standard InChI is InChI=1S/C12H25NO/c1-3-10(2)11-4-6-12(7-5-11)13-8-9-14/h10-14H,3-9H2,1-2H3. The van der Waals surface area contributed by atoms with Gasteiger partial charge < -0.3 is 10.4 Å². The Bertz CT molecular complexity index is 141. The molecule has 1 rings (SSSR count). The number of rotatable bonds is 5. The van der Waals surface area contributed by atoms with Crippen LogP contribution in [0.3, 0.4) is 0 Å². The Hall–Kier alpha value is -0.0800. The molecule has 1 saturated carbocycles. The molecular formula is C12H25NO. The molecule has 1 fully saturated rings. The van der Waals surface area contributed by atoms with Gasteiger partial charge in [0, 0.05) is 12.6 Å². The number of nitrogens with one attached hydrogen (secondary N) is 1. The molecule has 0 amide bonds. The van der Waals surface area contributed by atoms with Gasteiger partial charge in [-0.2, -0.15) is 0 Å². The van der Waals surface area contributed by atoms with Crippen LogP contribution in [0.5, 0.6) is 0 Å². The van der Waals surface area contributed by atoms with Gasteiger partial charge in [-0.1, -0.05) is 20.3 Å². The first kappa shape index (κ1) is 12.0. The molecule has 1 atom stereocenters. The van der Waals surface area contributed by atoms with Crippen molar-refractivity contribution in [2.45, 2.75) is 52.0 Å². The zero-order chi connectivity index (χ0) is 10.4. The van der Waals surface area contributed by atoms with E-state index in [1.54, 1.807) is 0 Å². The van der Waals surface area contributed by atoms with Crippen molar-refractivity contribution < 1.29 is 5.11 Å². The lowest BCUT2D eigenvalue weighted by Gasteiger charge is -2.32. The Kier molecular flexibility index (Phi) is 5.49. The molecule has 0 radical (unpaired) electrons. The quantitative estimate of drug-likeness (QED) is 0.711. The fraction of sp³-hybridized carbons (Fsp3) is 1.00. The molecule has 84 valence electrons. The maximum atomic E-state index is 8.71. The Morgan fingerprint density at radius 1 is 1.29 bits per heavy atom. The van der Waals surface area contributed by atoms with Crippen LogP contribution < -0.4 is 5.32 Å². The van der Waals surface area contributed by atoms with E-state index in [1.807, 2.05) is 0 Å². The summed E-state index contributed by atoms with van der Waals surface area (Å²) in [6, 6.07) is 0.669. The van der Waals surface area contributed by atoms with Crippen molar-refractivity contribution in [3.05, 3.63) is 0 Å². The summed E-state index contributed by atoms with van der Waals surface area (Å²) in [5.41, 5.74) is 0. The highest BCUT2D eigenvalue weighted by Gasteiger charge is 2.23. The van der Waals surface area contributed by atoms with E-state index < -0.39 is 0 Å². The molecule has 2 nitrogen and oxygen atoms in total. The highest BCUT2D eigenvalue weighted by molar-refractivity contribution is 4.79. The molecule has 14 heavy (non-hydrogen) atoms. The van der Waals surface area contributed by atoms with Crippen LogP contribution >= 0.6 is 0 Å².